The molecule has 0 bridgehead atoms. The Morgan fingerprint density at radius 1 is 1.30 bits per heavy atom. The van der Waals surface area contributed by atoms with E-state index in [1.54, 1.807) is 32.9 Å². The van der Waals surface area contributed by atoms with Gasteiger partial charge in [-0.2, -0.15) is 0 Å². The molecule has 1 amide bonds. The Bertz CT molecular complexity index is 772. The largest absolute Gasteiger partial charge is 0.481 e. The zero-order chi connectivity index (χ0) is 17.2. The van der Waals surface area contributed by atoms with E-state index in [4.69, 9.17) is 5.11 Å². The molecular weight excluding hydrogens is 299 g/mol. The molecule has 0 radical (unpaired) electrons. The molecule has 0 atom stereocenters. The van der Waals surface area contributed by atoms with Gasteiger partial charge in [-0.05, 0) is 45.4 Å². The standard InChI is InChI=1S/C17H19FN2O3/c1-10-13(8-11-4-5-12(18)9-14(11)19-10)16(23)20-17(2,3)7-6-15(21)22/h4-5,8-9H,6-7H2,1-3H3,(H,20,23)(H,21,22). The van der Waals surface area contributed by atoms with Crippen molar-refractivity contribution in [1.29, 1.82) is 0 Å². The quantitative estimate of drug-likeness (QED) is 0.888. The summed E-state index contributed by atoms with van der Waals surface area (Å²) < 4.78 is 13.2. The summed E-state index contributed by atoms with van der Waals surface area (Å²) in [5.41, 5.74) is 0.728. The number of benzene rings is 1. The molecule has 23 heavy (non-hydrogen) atoms. The summed E-state index contributed by atoms with van der Waals surface area (Å²) in [7, 11) is 0. The lowest BCUT2D eigenvalue weighted by molar-refractivity contribution is -0.137. The molecule has 0 unspecified atom stereocenters. The fourth-order valence-corrected chi connectivity index (χ4v) is 2.32. The number of pyridine rings is 1. The third-order valence-corrected chi connectivity index (χ3v) is 3.63. The molecule has 0 spiro atoms. The Hall–Kier alpha value is -2.50. The number of carbonyl (C=O) groups is 2. The lowest BCUT2D eigenvalue weighted by atomic mass is 9.97. The van der Waals surface area contributed by atoms with Crippen LogP contribution in [0.15, 0.2) is 24.3 Å². The number of carboxylic acid groups (broad SMARTS) is 1. The number of aliphatic carboxylic acids is 1. The van der Waals surface area contributed by atoms with Gasteiger partial charge in [-0.3, -0.25) is 14.6 Å². The van der Waals surface area contributed by atoms with Crippen molar-refractivity contribution in [3.8, 4) is 0 Å². The van der Waals surface area contributed by atoms with E-state index in [1.165, 1.54) is 12.1 Å². The molecule has 5 nitrogen and oxygen atoms in total. The number of carboxylic acids is 1. The van der Waals surface area contributed by atoms with Crippen LogP contribution in [-0.4, -0.2) is 27.5 Å². The van der Waals surface area contributed by atoms with Crippen molar-refractivity contribution in [2.45, 2.75) is 39.2 Å². The van der Waals surface area contributed by atoms with Gasteiger partial charge in [0.05, 0.1) is 16.8 Å². The van der Waals surface area contributed by atoms with Crippen LogP contribution in [0.1, 0.15) is 42.7 Å². The number of rotatable bonds is 5. The first kappa shape index (κ1) is 16.9. The minimum absolute atomic E-state index is 0.0263. The number of halogens is 1. The summed E-state index contributed by atoms with van der Waals surface area (Å²) in [6, 6.07) is 5.88. The highest BCUT2D eigenvalue weighted by atomic mass is 19.1. The minimum Gasteiger partial charge on any atom is -0.481 e. The molecule has 122 valence electrons. The summed E-state index contributed by atoms with van der Waals surface area (Å²) in [5.74, 6) is -1.61. The van der Waals surface area contributed by atoms with E-state index in [1.807, 2.05) is 0 Å². The van der Waals surface area contributed by atoms with E-state index >= 15 is 0 Å². The molecule has 0 saturated carbocycles. The molecule has 0 fully saturated rings. The van der Waals surface area contributed by atoms with E-state index < -0.39 is 11.5 Å². The topological polar surface area (TPSA) is 79.3 Å². The van der Waals surface area contributed by atoms with Crippen LogP contribution < -0.4 is 5.32 Å². The van der Waals surface area contributed by atoms with Crippen LogP contribution in [0.2, 0.25) is 0 Å². The zero-order valence-electron chi connectivity index (χ0n) is 13.3. The number of amides is 1. The van der Waals surface area contributed by atoms with E-state index in [2.05, 4.69) is 10.3 Å². The summed E-state index contributed by atoms with van der Waals surface area (Å²) in [4.78, 5) is 27.4. The molecule has 0 aliphatic rings. The first-order chi connectivity index (χ1) is 10.7. The van der Waals surface area contributed by atoms with Crippen LogP contribution in [0.25, 0.3) is 10.9 Å². The van der Waals surface area contributed by atoms with Crippen LogP contribution in [0.5, 0.6) is 0 Å². The summed E-state index contributed by atoms with van der Waals surface area (Å²) in [6.45, 7) is 5.23. The Balaban J connectivity index is 2.25. The number of hydrogen-bond acceptors (Lipinski definition) is 3. The molecule has 6 heteroatoms. The van der Waals surface area contributed by atoms with Gasteiger partial charge in [0, 0.05) is 23.4 Å². The molecule has 0 aliphatic carbocycles. The van der Waals surface area contributed by atoms with Gasteiger partial charge in [0.2, 0.25) is 0 Å². The Morgan fingerprint density at radius 2 is 2.00 bits per heavy atom. The normalized spacial score (nSPS) is 11.5. The van der Waals surface area contributed by atoms with Gasteiger partial charge in [-0.15, -0.1) is 0 Å². The number of aryl methyl sites for hydroxylation is 1. The minimum atomic E-state index is -0.905. The van der Waals surface area contributed by atoms with Crippen LogP contribution in [0, 0.1) is 12.7 Å². The fraction of sp³-hybridized carbons (Fsp3) is 0.353. The molecular formula is C17H19FN2O3. The highest BCUT2D eigenvalue weighted by molar-refractivity contribution is 5.99. The molecule has 2 N–H and O–H groups in total. The number of fused-ring (bicyclic) bond motifs is 1. The Morgan fingerprint density at radius 3 is 2.65 bits per heavy atom. The predicted octanol–water partition coefficient (Wildman–Crippen LogP) is 3.06. The lowest BCUT2D eigenvalue weighted by Gasteiger charge is -2.26. The number of nitrogens with zero attached hydrogens (tertiary/aromatic N) is 1. The third kappa shape index (κ3) is 4.25. The maximum absolute atomic E-state index is 13.2. The highest BCUT2D eigenvalue weighted by Crippen LogP contribution is 2.19. The maximum Gasteiger partial charge on any atom is 0.303 e. The van der Waals surface area contributed by atoms with Crippen LogP contribution in [0.3, 0.4) is 0 Å². The highest BCUT2D eigenvalue weighted by Gasteiger charge is 2.23. The predicted molar refractivity (Wildman–Crippen MR) is 84.9 cm³/mol. The first-order valence-electron chi connectivity index (χ1n) is 7.29. The van der Waals surface area contributed by atoms with Crippen molar-refractivity contribution in [2.75, 3.05) is 0 Å². The zero-order valence-corrected chi connectivity index (χ0v) is 13.3. The second kappa shape index (κ2) is 6.32. The number of carbonyl (C=O) groups excluding carboxylic acids is 1. The Labute approximate surface area is 133 Å². The van der Waals surface area contributed by atoms with E-state index in [0.29, 0.717) is 28.6 Å². The van der Waals surface area contributed by atoms with E-state index in [9.17, 15) is 14.0 Å². The van der Waals surface area contributed by atoms with Crippen molar-refractivity contribution in [2.24, 2.45) is 0 Å². The smallest absolute Gasteiger partial charge is 0.303 e. The number of hydrogen-bond donors (Lipinski definition) is 2. The van der Waals surface area contributed by atoms with Crippen molar-refractivity contribution in [1.82, 2.24) is 10.3 Å². The maximum atomic E-state index is 13.2. The van der Waals surface area contributed by atoms with Crippen LogP contribution >= 0.6 is 0 Å². The van der Waals surface area contributed by atoms with Crippen molar-refractivity contribution >= 4 is 22.8 Å². The lowest BCUT2D eigenvalue weighted by Crippen LogP contribution is -2.44. The number of aromatic nitrogens is 1. The third-order valence-electron chi connectivity index (χ3n) is 3.63. The average Bonchev–Trinajstić information content (AvgIpc) is 2.43. The van der Waals surface area contributed by atoms with Gasteiger partial charge in [0.15, 0.2) is 0 Å². The molecule has 1 aromatic carbocycles. The monoisotopic (exact) mass is 318 g/mol. The molecule has 1 aromatic heterocycles. The first-order valence-corrected chi connectivity index (χ1v) is 7.29. The van der Waals surface area contributed by atoms with E-state index in [-0.39, 0.29) is 18.1 Å². The summed E-state index contributed by atoms with van der Waals surface area (Å²) in [5, 5.41) is 12.3. The van der Waals surface area contributed by atoms with Gasteiger partial charge < -0.3 is 10.4 Å². The number of nitrogens with one attached hydrogen (secondary N) is 1. The van der Waals surface area contributed by atoms with Crippen LogP contribution in [-0.2, 0) is 4.79 Å². The van der Waals surface area contributed by atoms with Gasteiger partial charge in [0.1, 0.15) is 5.82 Å². The molecule has 2 aromatic rings. The molecule has 1 heterocycles. The van der Waals surface area contributed by atoms with Crippen molar-refractivity contribution in [3.63, 3.8) is 0 Å². The van der Waals surface area contributed by atoms with Crippen molar-refractivity contribution < 1.29 is 19.1 Å². The van der Waals surface area contributed by atoms with E-state index in [0.717, 1.165) is 0 Å². The van der Waals surface area contributed by atoms with Gasteiger partial charge >= 0.3 is 5.97 Å². The molecule has 0 aliphatic heterocycles. The van der Waals surface area contributed by atoms with Gasteiger partial charge in [-0.1, -0.05) is 0 Å². The van der Waals surface area contributed by atoms with Crippen molar-refractivity contribution in [3.05, 3.63) is 41.3 Å². The van der Waals surface area contributed by atoms with Gasteiger partial charge in [-0.25, -0.2) is 4.39 Å². The van der Waals surface area contributed by atoms with Crippen LogP contribution in [0.4, 0.5) is 4.39 Å². The summed E-state index contributed by atoms with van der Waals surface area (Å²) >= 11 is 0. The Kier molecular flexibility index (Phi) is 4.63. The average molecular weight is 318 g/mol. The molecule has 0 saturated heterocycles. The second-order valence-corrected chi connectivity index (χ2v) is 6.19. The van der Waals surface area contributed by atoms with Gasteiger partial charge in [0.25, 0.3) is 5.91 Å². The molecule has 2 rings (SSSR count). The SMILES string of the molecule is Cc1nc2cc(F)ccc2cc1C(=O)NC(C)(C)CCC(=O)O. The second-order valence-electron chi connectivity index (χ2n) is 6.19. The fourth-order valence-electron chi connectivity index (χ4n) is 2.32. The summed E-state index contributed by atoms with van der Waals surface area (Å²) in [6.07, 6.45) is 0.293.